The largest absolute Gasteiger partial charge is 0.206 e. The fourth-order valence-electron chi connectivity index (χ4n) is 5.73. The van der Waals surface area contributed by atoms with Gasteiger partial charge in [-0.3, -0.25) is 0 Å². The molecule has 3 rings (SSSR count). The topological polar surface area (TPSA) is 0 Å². The van der Waals surface area contributed by atoms with Gasteiger partial charge >= 0.3 is 0 Å². The second-order valence-corrected chi connectivity index (χ2v) is 9.84. The summed E-state index contributed by atoms with van der Waals surface area (Å²) in [6.07, 6.45) is 17.0. The molecule has 0 N–H and O–H groups in total. The van der Waals surface area contributed by atoms with E-state index in [4.69, 9.17) is 0 Å². The van der Waals surface area contributed by atoms with Crippen molar-refractivity contribution >= 4 is 0 Å². The molecule has 2 fully saturated rings. The average Bonchev–Trinajstić information content (AvgIpc) is 2.75. The van der Waals surface area contributed by atoms with Gasteiger partial charge in [-0.2, -0.15) is 0 Å². The van der Waals surface area contributed by atoms with Crippen LogP contribution < -0.4 is 0 Å². The van der Waals surface area contributed by atoms with Crippen LogP contribution in [0, 0.1) is 47.1 Å². The van der Waals surface area contributed by atoms with Crippen LogP contribution in [0.5, 0.6) is 0 Å². The first-order chi connectivity index (χ1) is 14.6. The highest BCUT2D eigenvalue weighted by Crippen LogP contribution is 2.42. The van der Waals surface area contributed by atoms with Crippen LogP contribution in [0.3, 0.4) is 0 Å². The van der Waals surface area contributed by atoms with Crippen molar-refractivity contribution in [1.82, 2.24) is 0 Å². The highest BCUT2D eigenvalue weighted by Gasteiger charge is 2.30. The van der Waals surface area contributed by atoms with Crippen molar-refractivity contribution in [3.05, 3.63) is 34.9 Å². The van der Waals surface area contributed by atoms with E-state index in [9.17, 15) is 8.78 Å². The lowest BCUT2D eigenvalue weighted by atomic mass is 9.69. The zero-order valence-corrected chi connectivity index (χ0v) is 19.1. The van der Waals surface area contributed by atoms with Gasteiger partial charge < -0.3 is 0 Å². The van der Waals surface area contributed by atoms with E-state index in [0.29, 0.717) is 5.92 Å². The van der Waals surface area contributed by atoms with Crippen molar-refractivity contribution < 1.29 is 8.78 Å². The predicted molar refractivity (Wildman–Crippen MR) is 122 cm³/mol. The summed E-state index contributed by atoms with van der Waals surface area (Å²) >= 11 is 0. The minimum absolute atomic E-state index is 0.0365. The molecule has 2 saturated carbocycles. The zero-order valence-electron chi connectivity index (χ0n) is 19.1. The van der Waals surface area contributed by atoms with Crippen molar-refractivity contribution in [3.8, 4) is 11.8 Å². The number of hydrogen-bond donors (Lipinski definition) is 0. The Morgan fingerprint density at radius 2 is 1.40 bits per heavy atom. The summed E-state index contributed by atoms with van der Waals surface area (Å²) in [6, 6.07) is 2.96. The van der Waals surface area contributed by atoms with Gasteiger partial charge in [0.25, 0.3) is 0 Å². The molecule has 0 heterocycles. The molecule has 2 heteroatoms. The minimum Gasteiger partial charge on any atom is -0.206 e. The van der Waals surface area contributed by atoms with Gasteiger partial charge in [-0.25, -0.2) is 8.78 Å². The Hall–Kier alpha value is -1.36. The van der Waals surface area contributed by atoms with Crippen LogP contribution in [0.1, 0.15) is 108 Å². The average molecular weight is 415 g/mol. The SMILES string of the molecule is CCCCCc1cc(F)c(C#CC2CCC(C3CCC(CCC)CC3)CC2)c(F)c1. The van der Waals surface area contributed by atoms with Crippen LogP contribution >= 0.6 is 0 Å². The Bertz CT molecular complexity index is 687. The fourth-order valence-corrected chi connectivity index (χ4v) is 5.73. The summed E-state index contributed by atoms with van der Waals surface area (Å²) in [5.41, 5.74) is 0.712. The third-order valence-corrected chi connectivity index (χ3v) is 7.60. The van der Waals surface area contributed by atoms with E-state index in [1.165, 1.54) is 63.5 Å². The maximum Gasteiger partial charge on any atom is 0.142 e. The quantitative estimate of drug-likeness (QED) is 0.310. The second-order valence-electron chi connectivity index (χ2n) is 9.84. The first-order valence-corrected chi connectivity index (χ1v) is 12.6. The molecule has 0 spiro atoms. The molecule has 0 aromatic heterocycles. The molecule has 0 atom stereocenters. The fraction of sp³-hybridized carbons (Fsp3) is 0.714. The van der Waals surface area contributed by atoms with E-state index >= 15 is 0 Å². The molecule has 0 bridgehead atoms. The molecule has 0 radical (unpaired) electrons. The molecule has 0 amide bonds. The Balaban J connectivity index is 1.50. The molecule has 1 aromatic rings. The van der Waals surface area contributed by atoms with Crippen LogP contribution in [0.25, 0.3) is 0 Å². The summed E-state index contributed by atoms with van der Waals surface area (Å²) in [7, 11) is 0. The lowest BCUT2D eigenvalue weighted by Crippen LogP contribution is -2.25. The lowest BCUT2D eigenvalue weighted by Gasteiger charge is -2.37. The third kappa shape index (κ3) is 6.57. The van der Waals surface area contributed by atoms with E-state index in [0.717, 1.165) is 61.8 Å². The van der Waals surface area contributed by atoms with E-state index in [1.54, 1.807) is 0 Å². The number of benzene rings is 1. The van der Waals surface area contributed by atoms with Gasteiger partial charge in [-0.05, 0) is 86.8 Å². The standard InChI is InChI=1S/C28H40F2/c1-3-5-6-8-23-19-27(29)26(28(30)20-23)18-13-22-11-16-25(17-12-22)24-14-9-21(7-4-2)10-15-24/h19-22,24-25H,3-12,14-17H2,1-2H3. The molecule has 0 unspecified atom stereocenters. The summed E-state index contributed by atoms with van der Waals surface area (Å²) < 4.78 is 28.8. The third-order valence-electron chi connectivity index (χ3n) is 7.60. The molecule has 0 saturated heterocycles. The molecule has 2 aliphatic carbocycles. The van der Waals surface area contributed by atoms with Crippen LogP contribution in [0.2, 0.25) is 0 Å². The van der Waals surface area contributed by atoms with Crippen LogP contribution in [-0.4, -0.2) is 0 Å². The molecular formula is C28H40F2. The number of unbranched alkanes of at least 4 members (excludes halogenated alkanes) is 2. The maximum atomic E-state index is 14.4. The minimum atomic E-state index is -0.494. The van der Waals surface area contributed by atoms with E-state index in [2.05, 4.69) is 25.7 Å². The van der Waals surface area contributed by atoms with Gasteiger partial charge in [0.05, 0.1) is 5.56 Å². The van der Waals surface area contributed by atoms with Crippen molar-refractivity contribution in [3.63, 3.8) is 0 Å². The van der Waals surface area contributed by atoms with Crippen LogP contribution in [0.4, 0.5) is 8.78 Å². The van der Waals surface area contributed by atoms with E-state index in [1.807, 2.05) is 0 Å². The molecule has 0 nitrogen and oxygen atoms in total. The van der Waals surface area contributed by atoms with Crippen molar-refractivity contribution in [2.75, 3.05) is 0 Å². The molecule has 30 heavy (non-hydrogen) atoms. The maximum absolute atomic E-state index is 14.4. The summed E-state index contributed by atoms with van der Waals surface area (Å²) in [6.45, 7) is 4.43. The number of hydrogen-bond acceptors (Lipinski definition) is 0. The summed E-state index contributed by atoms with van der Waals surface area (Å²) in [5, 5.41) is 0. The van der Waals surface area contributed by atoms with Gasteiger partial charge in [0.1, 0.15) is 11.6 Å². The summed E-state index contributed by atoms with van der Waals surface area (Å²) in [5.74, 6) is 8.09. The van der Waals surface area contributed by atoms with Crippen LogP contribution in [-0.2, 0) is 6.42 Å². The molecule has 1 aromatic carbocycles. The Morgan fingerprint density at radius 3 is 1.97 bits per heavy atom. The molecule has 0 aliphatic heterocycles. The number of aryl methyl sites for hydroxylation is 1. The normalized spacial score (nSPS) is 26.8. The van der Waals surface area contributed by atoms with Gasteiger partial charge in [0.15, 0.2) is 0 Å². The monoisotopic (exact) mass is 414 g/mol. The molecule has 166 valence electrons. The molecule has 2 aliphatic rings. The first-order valence-electron chi connectivity index (χ1n) is 12.6. The Morgan fingerprint density at radius 1 is 0.800 bits per heavy atom. The Labute approximate surface area is 183 Å². The zero-order chi connectivity index (χ0) is 21.3. The smallest absolute Gasteiger partial charge is 0.142 e. The van der Waals surface area contributed by atoms with E-state index < -0.39 is 11.6 Å². The van der Waals surface area contributed by atoms with Crippen LogP contribution in [0.15, 0.2) is 12.1 Å². The predicted octanol–water partition coefficient (Wildman–Crippen LogP) is 8.46. The highest BCUT2D eigenvalue weighted by atomic mass is 19.1. The van der Waals surface area contributed by atoms with Gasteiger partial charge in [0.2, 0.25) is 0 Å². The van der Waals surface area contributed by atoms with Gasteiger partial charge in [-0.1, -0.05) is 64.2 Å². The van der Waals surface area contributed by atoms with Gasteiger partial charge in [0, 0.05) is 5.92 Å². The van der Waals surface area contributed by atoms with Gasteiger partial charge in [-0.15, -0.1) is 0 Å². The van der Waals surface area contributed by atoms with E-state index in [-0.39, 0.29) is 5.56 Å². The number of halogens is 2. The summed E-state index contributed by atoms with van der Waals surface area (Å²) in [4.78, 5) is 0. The Kier molecular flexibility index (Phi) is 9.23. The number of rotatable bonds is 7. The highest BCUT2D eigenvalue weighted by molar-refractivity contribution is 5.39. The first kappa shape index (κ1) is 23.3. The lowest BCUT2D eigenvalue weighted by molar-refractivity contribution is 0.154. The van der Waals surface area contributed by atoms with Crippen molar-refractivity contribution in [2.24, 2.45) is 23.7 Å². The van der Waals surface area contributed by atoms with Crippen molar-refractivity contribution in [1.29, 1.82) is 0 Å². The van der Waals surface area contributed by atoms with Crippen molar-refractivity contribution in [2.45, 2.75) is 104 Å². The second kappa shape index (κ2) is 11.9. The molecular weight excluding hydrogens is 374 g/mol.